The van der Waals surface area contributed by atoms with E-state index in [1.165, 1.54) is 36.7 Å². The van der Waals surface area contributed by atoms with Crippen molar-refractivity contribution in [1.29, 1.82) is 0 Å². The van der Waals surface area contributed by atoms with Gasteiger partial charge in [-0.3, -0.25) is 4.90 Å². The smallest absolute Gasteiger partial charge is 0.323 e. The van der Waals surface area contributed by atoms with Crippen molar-refractivity contribution < 1.29 is 18.3 Å². The van der Waals surface area contributed by atoms with Gasteiger partial charge in [0.25, 0.3) is 0 Å². The third-order valence-electron chi connectivity index (χ3n) is 6.61. The average Bonchev–Trinajstić information content (AvgIpc) is 3.30. The summed E-state index contributed by atoms with van der Waals surface area (Å²) in [6.45, 7) is 3.63. The van der Waals surface area contributed by atoms with E-state index in [4.69, 9.17) is 21.9 Å². The number of nitrogens with two attached hydrogens (primary N) is 3. The number of carbonyl (C=O) groups excluding carboxylic acids is 1. The number of urea groups is 1. The molecule has 0 aliphatic carbocycles. The molecule has 13 heteroatoms. The molecule has 0 atom stereocenters. The number of carbonyl (C=O) groups is 1. The van der Waals surface area contributed by atoms with E-state index < -0.39 is 17.7 Å². The first kappa shape index (κ1) is 26.4. The van der Waals surface area contributed by atoms with Crippen molar-refractivity contribution in [3.05, 3.63) is 71.2 Å². The maximum atomic E-state index is 15.4. The molecule has 3 heterocycles. The number of aromatic nitrogens is 3. The van der Waals surface area contributed by atoms with Crippen LogP contribution in [0.4, 0.5) is 30.8 Å². The predicted molar refractivity (Wildman–Crippen MR) is 144 cm³/mol. The average molecular weight is 538 g/mol. The Labute approximate surface area is 222 Å². The van der Waals surface area contributed by atoms with Gasteiger partial charge < -0.3 is 32.6 Å². The van der Waals surface area contributed by atoms with Gasteiger partial charge in [0.05, 0.1) is 30.3 Å². The lowest BCUT2D eigenvalue weighted by molar-refractivity contribution is 0.0334. The molecule has 39 heavy (non-hydrogen) atoms. The van der Waals surface area contributed by atoms with E-state index in [9.17, 15) is 9.18 Å². The van der Waals surface area contributed by atoms with E-state index in [0.29, 0.717) is 47.5 Å². The van der Waals surface area contributed by atoms with Crippen LogP contribution in [-0.2, 0) is 24.4 Å². The van der Waals surface area contributed by atoms with Crippen molar-refractivity contribution in [1.82, 2.24) is 19.5 Å². The highest BCUT2D eigenvalue weighted by molar-refractivity contribution is 6.00. The number of amides is 2. The number of nitrogen functional groups attached to an aromatic ring is 1. The first-order valence-corrected chi connectivity index (χ1v) is 12.4. The number of hydrogen-bond donors (Lipinski definition) is 5. The number of anilines is 3. The molecule has 2 amide bonds. The molecule has 1 fully saturated rings. The van der Waals surface area contributed by atoms with Gasteiger partial charge in [-0.1, -0.05) is 6.07 Å². The number of halogens is 2. The highest BCUT2D eigenvalue weighted by Gasteiger charge is 2.22. The normalized spacial score (nSPS) is 14.1. The molecule has 4 aromatic rings. The Morgan fingerprint density at radius 3 is 2.44 bits per heavy atom. The molecular formula is C26H29F2N9O2. The van der Waals surface area contributed by atoms with E-state index in [-0.39, 0.29) is 30.3 Å². The molecule has 2 aromatic heterocycles. The van der Waals surface area contributed by atoms with Crippen molar-refractivity contribution in [3.63, 3.8) is 0 Å². The van der Waals surface area contributed by atoms with Gasteiger partial charge in [0.15, 0.2) is 5.82 Å². The van der Waals surface area contributed by atoms with Crippen molar-refractivity contribution >= 4 is 28.7 Å². The third kappa shape index (κ3) is 5.52. The van der Waals surface area contributed by atoms with Crippen LogP contribution in [0, 0.1) is 11.6 Å². The molecule has 0 unspecified atom stereocenters. The molecule has 0 radical (unpaired) electrons. The quantitative estimate of drug-likeness (QED) is 0.240. The lowest BCUT2D eigenvalue weighted by atomic mass is 9.99. The fourth-order valence-electron chi connectivity index (χ4n) is 4.64. The number of nitrogens with one attached hydrogen (secondary N) is 2. The van der Waals surface area contributed by atoms with Crippen molar-refractivity contribution in [2.24, 2.45) is 11.5 Å². The Hall–Kier alpha value is -4.17. The Bertz CT molecular complexity index is 1520. The third-order valence-corrected chi connectivity index (χ3v) is 6.61. The number of rotatable bonds is 7. The summed E-state index contributed by atoms with van der Waals surface area (Å²) in [6, 6.07) is 7.94. The maximum absolute atomic E-state index is 15.4. The minimum atomic E-state index is -0.822. The zero-order valence-corrected chi connectivity index (χ0v) is 21.1. The Balaban J connectivity index is 1.47. The second-order valence-electron chi connectivity index (χ2n) is 9.13. The molecule has 1 aliphatic rings. The minimum absolute atomic E-state index is 0.0445. The number of ether oxygens (including phenoxy) is 1. The van der Waals surface area contributed by atoms with Crippen LogP contribution in [0.3, 0.4) is 0 Å². The van der Waals surface area contributed by atoms with Crippen LogP contribution in [0.15, 0.2) is 42.7 Å². The topological polar surface area (TPSA) is 162 Å². The number of morpholine rings is 1. The fourth-order valence-corrected chi connectivity index (χ4v) is 4.64. The summed E-state index contributed by atoms with van der Waals surface area (Å²) in [7, 11) is 0. The predicted octanol–water partition coefficient (Wildman–Crippen LogP) is 2.65. The van der Waals surface area contributed by atoms with E-state index in [0.717, 1.165) is 18.8 Å². The van der Waals surface area contributed by atoms with Crippen molar-refractivity contribution in [2.75, 3.05) is 42.7 Å². The maximum Gasteiger partial charge on any atom is 0.323 e. The summed E-state index contributed by atoms with van der Waals surface area (Å²) in [6.07, 6.45) is 1.37. The summed E-state index contributed by atoms with van der Waals surface area (Å²) in [4.78, 5) is 18.9. The van der Waals surface area contributed by atoms with Crippen LogP contribution < -0.4 is 27.8 Å². The standard InChI is InChI=1S/C26H29F2N9O2/c27-20-2-1-15(11-29)7-22(20)34-26(38)35-23-8-16(12-30)18(10-21(23)28)19-9-17(13-36-3-5-39-6-4-36)37-24(19)25(31)32-14-33-37/h1-2,7-10,14H,3-6,11-13,29-30H2,(H2,31,32,33)(H2,34,35,38). The second kappa shape index (κ2) is 11.3. The van der Waals surface area contributed by atoms with Gasteiger partial charge in [0.1, 0.15) is 23.5 Å². The monoisotopic (exact) mass is 537 g/mol. The zero-order valence-electron chi connectivity index (χ0n) is 21.1. The van der Waals surface area contributed by atoms with Gasteiger partial charge in [-0.2, -0.15) is 5.10 Å². The van der Waals surface area contributed by atoms with Crippen LogP contribution >= 0.6 is 0 Å². The summed E-state index contributed by atoms with van der Waals surface area (Å²) in [5.41, 5.74) is 21.4. The zero-order chi connectivity index (χ0) is 27.5. The number of nitrogens with zero attached hydrogens (tertiary/aromatic N) is 4. The summed E-state index contributed by atoms with van der Waals surface area (Å²) >= 11 is 0. The van der Waals surface area contributed by atoms with Crippen LogP contribution in [0.1, 0.15) is 16.8 Å². The Morgan fingerprint density at radius 1 is 0.974 bits per heavy atom. The summed E-state index contributed by atoms with van der Waals surface area (Å²) in [5, 5.41) is 9.21. The molecule has 0 bridgehead atoms. The molecule has 204 valence electrons. The van der Waals surface area contributed by atoms with Gasteiger partial charge in [-0.05, 0) is 47.0 Å². The van der Waals surface area contributed by atoms with Gasteiger partial charge in [0.2, 0.25) is 0 Å². The molecule has 8 N–H and O–H groups in total. The molecule has 2 aromatic carbocycles. The number of hydrogen-bond acceptors (Lipinski definition) is 8. The van der Waals surface area contributed by atoms with Crippen molar-refractivity contribution in [3.8, 4) is 11.1 Å². The SMILES string of the molecule is NCc1ccc(F)c(NC(=O)Nc2cc(CN)c(-c3cc(CN4CCOCC4)n4ncnc(N)c34)cc2F)c1. The molecule has 1 saturated heterocycles. The molecule has 1 aliphatic heterocycles. The number of fused-ring (bicyclic) bond motifs is 1. The van der Waals surface area contributed by atoms with Crippen LogP contribution in [-0.4, -0.2) is 51.8 Å². The van der Waals surface area contributed by atoms with Crippen LogP contribution in [0.25, 0.3) is 16.6 Å². The first-order chi connectivity index (χ1) is 18.9. The van der Waals surface area contributed by atoms with Gasteiger partial charge in [-0.15, -0.1) is 0 Å². The lowest BCUT2D eigenvalue weighted by Gasteiger charge is -2.26. The van der Waals surface area contributed by atoms with E-state index >= 15 is 4.39 Å². The molecule has 0 spiro atoms. The van der Waals surface area contributed by atoms with Crippen LogP contribution in [0.5, 0.6) is 0 Å². The lowest BCUT2D eigenvalue weighted by Crippen LogP contribution is -2.36. The summed E-state index contributed by atoms with van der Waals surface area (Å²) < 4.78 is 36.7. The molecular weight excluding hydrogens is 508 g/mol. The molecule has 11 nitrogen and oxygen atoms in total. The largest absolute Gasteiger partial charge is 0.382 e. The highest BCUT2D eigenvalue weighted by atomic mass is 19.1. The Morgan fingerprint density at radius 2 is 1.72 bits per heavy atom. The summed E-state index contributed by atoms with van der Waals surface area (Å²) in [5.74, 6) is -1.12. The van der Waals surface area contributed by atoms with Crippen LogP contribution in [0.2, 0.25) is 0 Å². The first-order valence-electron chi connectivity index (χ1n) is 12.4. The van der Waals surface area contributed by atoms with Gasteiger partial charge >= 0.3 is 6.03 Å². The Kier molecular flexibility index (Phi) is 7.65. The minimum Gasteiger partial charge on any atom is -0.382 e. The van der Waals surface area contributed by atoms with Crippen molar-refractivity contribution in [2.45, 2.75) is 19.6 Å². The van der Waals surface area contributed by atoms with Gasteiger partial charge in [0, 0.05) is 38.3 Å². The van der Waals surface area contributed by atoms with Gasteiger partial charge in [-0.25, -0.2) is 23.1 Å². The second-order valence-corrected chi connectivity index (χ2v) is 9.13. The van der Waals surface area contributed by atoms with E-state index in [2.05, 4.69) is 25.6 Å². The van der Waals surface area contributed by atoms with E-state index in [1.54, 1.807) is 4.52 Å². The fraction of sp³-hybridized carbons (Fsp3) is 0.269. The molecule has 5 rings (SSSR count). The number of benzene rings is 2. The molecule has 0 saturated carbocycles. The highest BCUT2D eigenvalue weighted by Crippen LogP contribution is 2.35. The van der Waals surface area contributed by atoms with E-state index in [1.807, 2.05) is 6.07 Å².